The van der Waals surface area contributed by atoms with Gasteiger partial charge in [-0.2, -0.15) is 0 Å². The smallest absolute Gasteiger partial charge is 0.265 e. The van der Waals surface area contributed by atoms with Crippen LogP contribution in [0.2, 0.25) is 0 Å². The topological polar surface area (TPSA) is 69.2 Å². The Morgan fingerprint density at radius 3 is 2.68 bits per heavy atom. The number of carbonyl (C=O) groups is 1. The number of methoxy groups -OCH3 is 2. The maximum absolute atomic E-state index is 11.9. The van der Waals surface area contributed by atoms with Crippen LogP contribution in [0.1, 0.15) is 18.1 Å². The first-order valence-corrected chi connectivity index (χ1v) is 7.93. The fourth-order valence-corrected chi connectivity index (χ4v) is 2.27. The van der Waals surface area contributed by atoms with Gasteiger partial charge in [-0.25, -0.2) is 0 Å². The van der Waals surface area contributed by atoms with Crippen molar-refractivity contribution >= 4 is 17.8 Å². The highest BCUT2D eigenvalue weighted by atomic mass is 16.6. The number of rotatable bonds is 8. The van der Waals surface area contributed by atoms with Crippen LogP contribution in [0.4, 0.5) is 5.69 Å². The summed E-state index contributed by atoms with van der Waals surface area (Å²) < 4.78 is 10.5. The van der Waals surface area contributed by atoms with Crippen molar-refractivity contribution in [1.29, 1.82) is 0 Å². The van der Waals surface area contributed by atoms with E-state index in [4.69, 9.17) is 14.3 Å². The molecule has 0 aliphatic heterocycles. The minimum absolute atomic E-state index is 0.181. The molecule has 6 heteroatoms. The van der Waals surface area contributed by atoms with Crippen LogP contribution in [0, 0.1) is 0 Å². The van der Waals surface area contributed by atoms with Gasteiger partial charge >= 0.3 is 0 Å². The zero-order valence-electron chi connectivity index (χ0n) is 14.6. The number of nitrogens with one attached hydrogen (secondary N) is 1. The molecule has 0 atom stereocenters. The molecule has 1 amide bonds. The van der Waals surface area contributed by atoms with E-state index in [2.05, 4.69) is 17.4 Å². The lowest BCUT2D eigenvalue weighted by Gasteiger charge is -2.09. The lowest BCUT2D eigenvalue weighted by atomic mass is 10.1. The first-order valence-electron chi connectivity index (χ1n) is 7.93. The molecule has 2 aromatic carbocycles. The summed E-state index contributed by atoms with van der Waals surface area (Å²) in [5.41, 5.74) is 2.59. The molecule has 0 aliphatic rings. The van der Waals surface area contributed by atoms with Crippen molar-refractivity contribution in [2.45, 2.75) is 13.3 Å². The fraction of sp³-hybridized carbons (Fsp3) is 0.263. The van der Waals surface area contributed by atoms with Gasteiger partial charge < -0.3 is 19.6 Å². The molecule has 2 aromatic rings. The molecule has 6 nitrogen and oxygen atoms in total. The second-order valence-corrected chi connectivity index (χ2v) is 5.19. The van der Waals surface area contributed by atoms with Crippen molar-refractivity contribution in [1.82, 2.24) is 0 Å². The highest BCUT2D eigenvalue weighted by molar-refractivity contribution is 5.91. The number of anilines is 1. The average molecular weight is 342 g/mol. The van der Waals surface area contributed by atoms with Gasteiger partial charge in [0.1, 0.15) is 0 Å². The van der Waals surface area contributed by atoms with Crippen LogP contribution in [0.5, 0.6) is 11.5 Å². The standard InChI is InChI=1S/C19H22N2O4/c1-4-14-7-5-9-16(11-14)21-18(22)13-25-20-12-15-8-6-10-17(23-2)19(15)24-3/h5-12H,4,13H2,1-3H3,(H,21,22)/b20-12-. The maximum atomic E-state index is 11.9. The number of oxime groups is 1. The summed E-state index contributed by atoms with van der Waals surface area (Å²) >= 11 is 0. The Balaban J connectivity index is 1.89. The van der Waals surface area contributed by atoms with Crippen LogP contribution in [0.15, 0.2) is 47.6 Å². The van der Waals surface area contributed by atoms with E-state index in [0.717, 1.165) is 17.7 Å². The molecule has 0 unspecified atom stereocenters. The predicted molar refractivity (Wildman–Crippen MR) is 97.5 cm³/mol. The molecular weight excluding hydrogens is 320 g/mol. The third-order valence-corrected chi connectivity index (χ3v) is 3.51. The summed E-state index contributed by atoms with van der Waals surface area (Å²) in [6.07, 6.45) is 2.39. The highest BCUT2D eigenvalue weighted by Crippen LogP contribution is 2.29. The van der Waals surface area contributed by atoms with Crippen LogP contribution in [-0.4, -0.2) is 32.9 Å². The molecule has 0 saturated heterocycles. The predicted octanol–water partition coefficient (Wildman–Crippen LogP) is 3.26. The van der Waals surface area contributed by atoms with Crippen molar-refractivity contribution in [3.8, 4) is 11.5 Å². The van der Waals surface area contributed by atoms with E-state index >= 15 is 0 Å². The third-order valence-electron chi connectivity index (χ3n) is 3.51. The van der Waals surface area contributed by atoms with Gasteiger partial charge in [0.2, 0.25) is 0 Å². The number of benzene rings is 2. The molecular formula is C19H22N2O4. The van der Waals surface area contributed by atoms with Gasteiger partial charge in [0.05, 0.1) is 20.4 Å². The van der Waals surface area contributed by atoms with Gasteiger partial charge in [0, 0.05) is 11.3 Å². The first kappa shape index (κ1) is 18.3. The van der Waals surface area contributed by atoms with E-state index in [1.807, 2.05) is 36.4 Å². The van der Waals surface area contributed by atoms with Gasteiger partial charge in [-0.05, 0) is 36.2 Å². The third kappa shape index (κ3) is 5.24. The minimum Gasteiger partial charge on any atom is -0.493 e. The molecule has 0 spiro atoms. The normalized spacial score (nSPS) is 10.5. The van der Waals surface area contributed by atoms with Gasteiger partial charge in [-0.15, -0.1) is 0 Å². The quantitative estimate of drug-likeness (QED) is 0.590. The first-order chi connectivity index (χ1) is 12.2. The number of para-hydroxylation sites is 1. The largest absolute Gasteiger partial charge is 0.493 e. The van der Waals surface area contributed by atoms with Crippen LogP contribution < -0.4 is 14.8 Å². The van der Waals surface area contributed by atoms with Crippen LogP contribution in [-0.2, 0) is 16.1 Å². The zero-order valence-corrected chi connectivity index (χ0v) is 14.6. The zero-order chi connectivity index (χ0) is 18.1. The number of amides is 1. The van der Waals surface area contributed by atoms with E-state index in [1.165, 1.54) is 6.21 Å². The fourth-order valence-electron chi connectivity index (χ4n) is 2.27. The van der Waals surface area contributed by atoms with E-state index in [9.17, 15) is 4.79 Å². The maximum Gasteiger partial charge on any atom is 0.265 e. The summed E-state index contributed by atoms with van der Waals surface area (Å²) in [6, 6.07) is 13.1. The van der Waals surface area contributed by atoms with Gasteiger partial charge in [0.15, 0.2) is 18.1 Å². The van der Waals surface area contributed by atoms with Crippen LogP contribution in [0.3, 0.4) is 0 Å². The molecule has 0 saturated carbocycles. The van der Waals surface area contributed by atoms with Crippen LogP contribution >= 0.6 is 0 Å². The number of ether oxygens (including phenoxy) is 2. The Morgan fingerprint density at radius 2 is 1.96 bits per heavy atom. The second-order valence-electron chi connectivity index (χ2n) is 5.19. The second kappa shape index (κ2) is 9.32. The summed E-state index contributed by atoms with van der Waals surface area (Å²) in [4.78, 5) is 17.0. The molecule has 1 N–H and O–H groups in total. The van der Waals surface area contributed by atoms with Crippen molar-refractivity contribution in [2.24, 2.45) is 5.16 Å². The van der Waals surface area contributed by atoms with E-state index in [0.29, 0.717) is 17.1 Å². The lowest BCUT2D eigenvalue weighted by molar-refractivity contribution is -0.120. The molecule has 132 valence electrons. The summed E-state index contributed by atoms with van der Waals surface area (Å²) in [5, 5.41) is 6.59. The number of nitrogens with zero attached hydrogens (tertiary/aromatic N) is 1. The summed E-state index contributed by atoms with van der Waals surface area (Å²) in [7, 11) is 3.11. The average Bonchev–Trinajstić information content (AvgIpc) is 2.64. The number of hydrogen-bond acceptors (Lipinski definition) is 5. The van der Waals surface area contributed by atoms with Crippen molar-refractivity contribution in [3.63, 3.8) is 0 Å². The minimum atomic E-state index is -0.275. The molecule has 0 fully saturated rings. The van der Waals surface area contributed by atoms with Gasteiger partial charge in [-0.1, -0.05) is 30.3 Å². The van der Waals surface area contributed by atoms with Gasteiger partial charge in [0.25, 0.3) is 5.91 Å². The Kier molecular flexibility index (Phi) is 6.83. The summed E-state index contributed by atoms with van der Waals surface area (Å²) in [5.74, 6) is 0.876. The molecule has 0 heterocycles. The Bertz CT molecular complexity index is 744. The molecule has 0 bridgehead atoms. The Hall–Kier alpha value is -3.02. The number of hydrogen-bond donors (Lipinski definition) is 1. The lowest BCUT2D eigenvalue weighted by Crippen LogP contribution is -2.17. The molecule has 25 heavy (non-hydrogen) atoms. The van der Waals surface area contributed by atoms with E-state index < -0.39 is 0 Å². The molecule has 0 aromatic heterocycles. The van der Waals surface area contributed by atoms with Crippen LogP contribution in [0.25, 0.3) is 0 Å². The highest BCUT2D eigenvalue weighted by Gasteiger charge is 2.08. The van der Waals surface area contributed by atoms with Crippen molar-refractivity contribution < 1.29 is 19.1 Å². The summed E-state index contributed by atoms with van der Waals surface area (Å²) in [6.45, 7) is 1.88. The van der Waals surface area contributed by atoms with Crippen molar-refractivity contribution in [2.75, 3.05) is 26.1 Å². The Labute approximate surface area is 147 Å². The van der Waals surface area contributed by atoms with E-state index in [1.54, 1.807) is 20.3 Å². The number of aryl methyl sites for hydroxylation is 1. The number of carbonyl (C=O) groups excluding carboxylic acids is 1. The van der Waals surface area contributed by atoms with Crippen molar-refractivity contribution in [3.05, 3.63) is 53.6 Å². The SMILES string of the molecule is CCc1cccc(NC(=O)CO/N=C\c2cccc(OC)c2OC)c1. The molecule has 2 rings (SSSR count). The monoisotopic (exact) mass is 342 g/mol. The molecule has 0 radical (unpaired) electrons. The molecule has 0 aliphatic carbocycles. The Morgan fingerprint density at radius 1 is 1.16 bits per heavy atom. The van der Waals surface area contributed by atoms with E-state index in [-0.39, 0.29) is 12.5 Å². The van der Waals surface area contributed by atoms with Gasteiger partial charge in [-0.3, -0.25) is 4.79 Å².